The van der Waals surface area contributed by atoms with E-state index in [-0.39, 0.29) is 0 Å². The maximum Gasteiger partial charge on any atom is 0.393 e. The number of rotatable bonds is 12. The first-order chi connectivity index (χ1) is 16.2. The summed E-state index contributed by atoms with van der Waals surface area (Å²) in [4.78, 5) is 10.9. The van der Waals surface area contributed by atoms with Crippen molar-refractivity contribution in [1.82, 2.24) is 4.90 Å². The maximum absolute atomic E-state index is 13.8. The second kappa shape index (κ2) is 9.48. The van der Waals surface area contributed by atoms with Crippen LogP contribution in [0.2, 0.25) is 0 Å². The summed E-state index contributed by atoms with van der Waals surface area (Å²) in [6.45, 7) is -0.811. The molecule has 228 valence electrons. The molecule has 38 heavy (non-hydrogen) atoms. The van der Waals surface area contributed by atoms with Crippen molar-refractivity contribution in [2.45, 2.75) is 72.5 Å². The SMILES string of the molecule is CCN(CC)C(=O)C(F)(F)C(F)(F)C(F)(F)C(F)(F)C(F)(F)C(F)(F)C(F)(F)C(F)(F)C(F)(F)C(F)(F)Cl. The Labute approximate surface area is 201 Å². The first-order valence-electron chi connectivity index (χ1n) is 8.94. The average molecular weight is 636 g/mol. The van der Waals surface area contributed by atoms with E-state index in [1.54, 1.807) is 0 Å². The largest absolute Gasteiger partial charge is 0.393 e. The summed E-state index contributed by atoms with van der Waals surface area (Å²) in [6.07, 6.45) is 0. The van der Waals surface area contributed by atoms with Crippen LogP contribution in [0.3, 0.4) is 0 Å². The average Bonchev–Trinajstić information content (AvgIpc) is 2.72. The number of carbonyl (C=O) groups excluding carboxylic acids is 1. The van der Waals surface area contributed by atoms with Gasteiger partial charge in [0.2, 0.25) is 0 Å². The van der Waals surface area contributed by atoms with Gasteiger partial charge in [0.05, 0.1) is 0 Å². The Kier molecular flexibility index (Phi) is 9.07. The summed E-state index contributed by atoms with van der Waals surface area (Å²) in [6, 6.07) is 0. The zero-order valence-corrected chi connectivity index (χ0v) is 18.5. The molecular weight excluding hydrogens is 626 g/mol. The van der Waals surface area contributed by atoms with E-state index >= 15 is 0 Å². The molecule has 2 nitrogen and oxygen atoms in total. The van der Waals surface area contributed by atoms with Gasteiger partial charge in [0.25, 0.3) is 5.91 Å². The number of hydrogen-bond acceptors (Lipinski definition) is 1. The van der Waals surface area contributed by atoms with Crippen molar-refractivity contribution in [3.63, 3.8) is 0 Å². The van der Waals surface area contributed by atoms with Crippen molar-refractivity contribution in [2.24, 2.45) is 0 Å². The monoisotopic (exact) mass is 635 g/mol. The predicted molar refractivity (Wildman–Crippen MR) is 83.3 cm³/mol. The molecule has 0 rings (SSSR count). The van der Waals surface area contributed by atoms with Gasteiger partial charge in [0, 0.05) is 13.1 Å². The summed E-state index contributed by atoms with van der Waals surface area (Å²) in [5.74, 6) is -80.7. The Morgan fingerprint density at radius 1 is 0.474 bits per heavy atom. The normalized spacial score (nSPS) is 16.1. The summed E-state index contributed by atoms with van der Waals surface area (Å²) in [5.41, 5.74) is 0. The van der Waals surface area contributed by atoms with Gasteiger partial charge in [-0.1, -0.05) is 0 Å². The minimum Gasteiger partial charge on any atom is -0.338 e. The highest BCUT2D eigenvalue weighted by molar-refractivity contribution is 6.22. The second-order valence-corrected chi connectivity index (χ2v) is 7.62. The lowest BCUT2D eigenvalue weighted by molar-refractivity contribution is -0.464. The van der Waals surface area contributed by atoms with E-state index in [2.05, 4.69) is 11.6 Å². The number of alkyl halides is 21. The molecule has 0 unspecified atom stereocenters. The molecule has 0 aliphatic heterocycles. The Morgan fingerprint density at radius 3 is 0.895 bits per heavy atom. The topological polar surface area (TPSA) is 20.3 Å². The van der Waals surface area contributed by atoms with Crippen LogP contribution in [0.4, 0.5) is 87.8 Å². The van der Waals surface area contributed by atoms with Gasteiger partial charge in [0.15, 0.2) is 0 Å². The first kappa shape index (κ1) is 36.4. The molecule has 0 saturated carbocycles. The molecule has 0 atom stereocenters. The number of nitrogens with zero attached hydrogens (tertiary/aromatic N) is 1. The highest BCUT2D eigenvalue weighted by Gasteiger charge is 2.98. The van der Waals surface area contributed by atoms with Gasteiger partial charge in [-0.2, -0.15) is 87.8 Å². The van der Waals surface area contributed by atoms with Gasteiger partial charge in [0.1, 0.15) is 0 Å². The number of amides is 1. The lowest BCUT2D eigenvalue weighted by Crippen LogP contribution is -2.77. The van der Waals surface area contributed by atoms with Gasteiger partial charge < -0.3 is 4.90 Å². The summed E-state index contributed by atoms with van der Waals surface area (Å²) >= 11 is 3.32. The minimum atomic E-state index is -9.15. The zero-order chi connectivity index (χ0) is 31.6. The molecular formula is C15H10ClF20NO. The van der Waals surface area contributed by atoms with Gasteiger partial charge in [-0.05, 0) is 25.4 Å². The van der Waals surface area contributed by atoms with Gasteiger partial charge in [-0.15, -0.1) is 0 Å². The molecule has 0 bridgehead atoms. The highest BCUT2D eigenvalue weighted by atomic mass is 35.5. The molecule has 0 aliphatic carbocycles. The highest BCUT2D eigenvalue weighted by Crippen LogP contribution is 2.66. The molecule has 0 aromatic rings. The molecule has 0 spiro atoms. The Hall–Kier alpha value is -1.64. The van der Waals surface area contributed by atoms with Crippen LogP contribution in [0, 0.1) is 0 Å². The van der Waals surface area contributed by atoms with E-state index in [0.29, 0.717) is 13.8 Å². The molecule has 0 aromatic heterocycles. The van der Waals surface area contributed by atoms with Crippen LogP contribution in [0.5, 0.6) is 0 Å². The van der Waals surface area contributed by atoms with Crippen LogP contribution in [-0.2, 0) is 4.79 Å². The van der Waals surface area contributed by atoms with Crippen molar-refractivity contribution >= 4 is 17.5 Å². The Balaban J connectivity index is 7.15. The van der Waals surface area contributed by atoms with E-state index in [4.69, 9.17) is 0 Å². The second-order valence-electron chi connectivity index (χ2n) is 7.14. The molecule has 0 heterocycles. The molecule has 0 aliphatic rings. The maximum atomic E-state index is 13.8. The smallest absolute Gasteiger partial charge is 0.338 e. The van der Waals surface area contributed by atoms with Crippen molar-refractivity contribution in [2.75, 3.05) is 13.1 Å². The molecule has 0 saturated heterocycles. The van der Waals surface area contributed by atoms with E-state index < -0.39 is 82.6 Å². The van der Waals surface area contributed by atoms with Crippen LogP contribution in [0.1, 0.15) is 13.8 Å². The molecule has 0 radical (unpaired) electrons. The van der Waals surface area contributed by atoms with E-state index in [1.807, 2.05) is 0 Å². The predicted octanol–water partition coefficient (Wildman–Crippen LogP) is 7.40. The molecule has 0 N–H and O–H groups in total. The van der Waals surface area contributed by atoms with Crippen molar-refractivity contribution < 1.29 is 92.6 Å². The summed E-state index contributed by atoms with van der Waals surface area (Å²) in [5, 5.41) is -7.06. The number of hydrogen-bond donors (Lipinski definition) is 0. The van der Waals surface area contributed by atoms with Crippen LogP contribution < -0.4 is 0 Å². The molecule has 0 fully saturated rings. The van der Waals surface area contributed by atoms with Crippen molar-refractivity contribution in [1.29, 1.82) is 0 Å². The third-order valence-corrected chi connectivity index (χ3v) is 5.07. The van der Waals surface area contributed by atoms with Crippen molar-refractivity contribution in [3.8, 4) is 0 Å². The lowest BCUT2D eigenvalue weighted by atomic mass is 9.86. The van der Waals surface area contributed by atoms with Gasteiger partial charge in [-0.25, -0.2) is 0 Å². The molecule has 23 heteroatoms. The number of halogens is 21. The minimum absolute atomic E-state index is 0.516. The Morgan fingerprint density at radius 2 is 0.684 bits per heavy atom. The van der Waals surface area contributed by atoms with Crippen LogP contribution in [-0.4, -0.2) is 82.6 Å². The summed E-state index contributed by atoms with van der Waals surface area (Å²) in [7, 11) is 0. The standard InChI is InChI=1S/C15H10ClF20NO/c1-3-37(4-2)5(38)6(17,18)7(19,20)8(21,22)9(23,24)10(25,26)11(27,28)12(29,30)13(31,32)14(33,34)15(16,35)36/h3-4H2,1-2H3. The molecule has 0 aromatic carbocycles. The van der Waals surface area contributed by atoms with Crippen LogP contribution in [0.25, 0.3) is 0 Å². The quantitative estimate of drug-likeness (QED) is 0.162. The van der Waals surface area contributed by atoms with Crippen LogP contribution in [0.15, 0.2) is 0 Å². The fraction of sp³-hybridized carbons (Fsp3) is 0.933. The fourth-order valence-electron chi connectivity index (χ4n) is 2.40. The number of carbonyl (C=O) groups is 1. The van der Waals surface area contributed by atoms with E-state index in [1.165, 1.54) is 0 Å². The van der Waals surface area contributed by atoms with Crippen molar-refractivity contribution in [3.05, 3.63) is 0 Å². The van der Waals surface area contributed by atoms with E-state index in [9.17, 15) is 92.6 Å². The third-order valence-electron chi connectivity index (χ3n) is 4.83. The van der Waals surface area contributed by atoms with Gasteiger partial charge >= 0.3 is 58.7 Å². The van der Waals surface area contributed by atoms with Gasteiger partial charge in [-0.3, -0.25) is 4.79 Å². The third kappa shape index (κ3) is 4.39. The molecule has 1 amide bonds. The fourth-order valence-corrected chi connectivity index (χ4v) is 2.52. The Bertz CT molecular complexity index is 874. The zero-order valence-electron chi connectivity index (χ0n) is 17.7. The summed E-state index contributed by atoms with van der Waals surface area (Å²) < 4.78 is 269. The van der Waals surface area contributed by atoms with E-state index in [0.717, 1.165) is 0 Å². The lowest BCUT2D eigenvalue weighted by Gasteiger charge is -2.44. The first-order valence-corrected chi connectivity index (χ1v) is 9.32. The van der Waals surface area contributed by atoms with Crippen LogP contribution >= 0.6 is 11.6 Å².